The monoisotopic (exact) mass is 295 g/mol. The molecule has 1 fully saturated rings. The lowest BCUT2D eigenvalue weighted by molar-refractivity contribution is -0.911. The van der Waals surface area contributed by atoms with E-state index in [0.29, 0.717) is 11.4 Å². The van der Waals surface area contributed by atoms with Gasteiger partial charge in [-0.15, -0.1) is 0 Å². The summed E-state index contributed by atoms with van der Waals surface area (Å²) < 4.78 is 0. The van der Waals surface area contributed by atoms with Crippen molar-refractivity contribution in [2.75, 3.05) is 25.0 Å². The van der Waals surface area contributed by atoms with Gasteiger partial charge in [-0.25, -0.2) is 0 Å². The van der Waals surface area contributed by atoms with Gasteiger partial charge in [0.15, 0.2) is 0 Å². The Bertz CT molecular complexity index is 436. The molecule has 2 N–H and O–H groups in total. The fraction of sp³-hybridized carbons (Fsp3) is 0.562. The van der Waals surface area contributed by atoms with Crippen molar-refractivity contribution in [1.82, 2.24) is 0 Å². The van der Waals surface area contributed by atoms with Gasteiger partial charge in [-0.3, -0.25) is 4.79 Å². The Kier molecular flexibility index (Phi) is 5.44. The van der Waals surface area contributed by atoms with Crippen LogP contribution in [-0.4, -0.2) is 25.5 Å². The van der Waals surface area contributed by atoms with E-state index < -0.39 is 0 Å². The van der Waals surface area contributed by atoms with Crippen LogP contribution < -0.4 is 10.2 Å². The molecule has 1 unspecified atom stereocenters. The van der Waals surface area contributed by atoms with Crippen LogP contribution in [0.1, 0.15) is 26.7 Å². The van der Waals surface area contributed by atoms with Crippen LogP contribution in [0.2, 0.25) is 5.02 Å². The molecule has 1 heterocycles. The summed E-state index contributed by atoms with van der Waals surface area (Å²) in [6, 6.07) is 7.24. The predicted octanol–water partition coefficient (Wildman–Crippen LogP) is 2.23. The quantitative estimate of drug-likeness (QED) is 0.877. The van der Waals surface area contributed by atoms with Gasteiger partial charge in [0.25, 0.3) is 0 Å². The van der Waals surface area contributed by atoms with Gasteiger partial charge in [0.05, 0.1) is 26.1 Å². The molecule has 0 bridgehead atoms. The standard InChI is InChI=1S/C16H23ClN2O/c1-12-9-13(2)11-19(10-12)8-7-16(20)18-15-5-3-14(17)4-6-15/h3-6,12-13H,7-11H2,1-2H3,(H,18,20)/p+1/t12-,13+. The third-order valence-corrected chi connectivity index (χ3v) is 4.16. The minimum Gasteiger partial charge on any atom is -0.334 e. The first-order valence-corrected chi connectivity index (χ1v) is 7.79. The lowest BCUT2D eigenvalue weighted by Gasteiger charge is -2.31. The number of rotatable bonds is 4. The van der Waals surface area contributed by atoms with Crippen molar-refractivity contribution in [1.29, 1.82) is 0 Å². The Hall–Kier alpha value is -1.06. The van der Waals surface area contributed by atoms with Crippen molar-refractivity contribution in [2.45, 2.75) is 26.7 Å². The van der Waals surface area contributed by atoms with Crippen molar-refractivity contribution >= 4 is 23.2 Å². The molecule has 1 aromatic rings. The summed E-state index contributed by atoms with van der Waals surface area (Å²) in [5.74, 6) is 1.63. The van der Waals surface area contributed by atoms with Crippen LogP contribution in [0, 0.1) is 11.8 Å². The zero-order valence-corrected chi connectivity index (χ0v) is 13.0. The van der Waals surface area contributed by atoms with Gasteiger partial charge in [0, 0.05) is 22.5 Å². The summed E-state index contributed by atoms with van der Waals surface area (Å²) in [5.41, 5.74) is 0.815. The van der Waals surface area contributed by atoms with Gasteiger partial charge in [0.2, 0.25) is 5.91 Å². The maximum absolute atomic E-state index is 11.9. The van der Waals surface area contributed by atoms with Crippen LogP contribution in [0.5, 0.6) is 0 Å². The van der Waals surface area contributed by atoms with E-state index in [2.05, 4.69) is 19.2 Å². The van der Waals surface area contributed by atoms with Crippen LogP contribution in [0.4, 0.5) is 5.69 Å². The highest BCUT2D eigenvalue weighted by Gasteiger charge is 2.25. The second kappa shape index (κ2) is 7.09. The normalized spacial score (nSPS) is 26.2. The minimum absolute atomic E-state index is 0.0886. The van der Waals surface area contributed by atoms with E-state index in [1.807, 2.05) is 12.1 Å². The molecule has 0 radical (unpaired) electrons. The van der Waals surface area contributed by atoms with Crippen molar-refractivity contribution < 1.29 is 9.69 Å². The van der Waals surface area contributed by atoms with E-state index >= 15 is 0 Å². The zero-order valence-electron chi connectivity index (χ0n) is 12.3. The second-order valence-corrected chi connectivity index (χ2v) is 6.60. The Morgan fingerprint density at radius 3 is 2.45 bits per heavy atom. The van der Waals surface area contributed by atoms with Crippen LogP contribution >= 0.6 is 11.6 Å². The molecule has 110 valence electrons. The number of piperidine rings is 1. The van der Waals surface area contributed by atoms with Gasteiger partial charge in [-0.1, -0.05) is 25.4 Å². The fourth-order valence-corrected chi connectivity index (χ4v) is 3.30. The third kappa shape index (κ3) is 4.80. The van der Waals surface area contributed by atoms with Gasteiger partial charge in [-0.2, -0.15) is 0 Å². The molecule has 4 heteroatoms. The SMILES string of the molecule is C[C@@H]1C[C@H](C)C[NH+](CCC(=O)Nc2ccc(Cl)cc2)C1. The predicted molar refractivity (Wildman–Crippen MR) is 83.2 cm³/mol. The van der Waals surface area contributed by atoms with E-state index in [-0.39, 0.29) is 5.91 Å². The van der Waals surface area contributed by atoms with Gasteiger partial charge in [0.1, 0.15) is 0 Å². The summed E-state index contributed by atoms with van der Waals surface area (Å²) in [6.07, 6.45) is 1.90. The molecule has 1 saturated heterocycles. The van der Waals surface area contributed by atoms with Crippen molar-refractivity contribution in [3.05, 3.63) is 29.3 Å². The summed E-state index contributed by atoms with van der Waals surface area (Å²) in [6.45, 7) is 7.93. The summed E-state index contributed by atoms with van der Waals surface area (Å²) >= 11 is 5.82. The molecule has 3 nitrogen and oxygen atoms in total. The Labute approximate surface area is 126 Å². The summed E-state index contributed by atoms with van der Waals surface area (Å²) in [7, 11) is 0. The number of hydrogen-bond donors (Lipinski definition) is 2. The van der Waals surface area contributed by atoms with Crippen LogP contribution in [0.3, 0.4) is 0 Å². The number of likely N-dealkylation sites (tertiary alicyclic amines) is 1. The Balaban J connectivity index is 1.76. The van der Waals surface area contributed by atoms with Gasteiger partial charge in [-0.05, 0) is 30.7 Å². The van der Waals surface area contributed by atoms with Crippen LogP contribution in [-0.2, 0) is 4.79 Å². The largest absolute Gasteiger partial charge is 0.334 e. The van der Waals surface area contributed by atoms with Crippen molar-refractivity contribution in [3.8, 4) is 0 Å². The van der Waals surface area contributed by atoms with Crippen LogP contribution in [0.15, 0.2) is 24.3 Å². The molecule has 1 amide bonds. The first-order chi connectivity index (χ1) is 9.52. The lowest BCUT2D eigenvalue weighted by Crippen LogP contribution is -3.14. The summed E-state index contributed by atoms with van der Waals surface area (Å²) in [5, 5.41) is 3.60. The zero-order chi connectivity index (χ0) is 14.5. The van der Waals surface area contributed by atoms with E-state index in [1.165, 1.54) is 19.5 Å². The maximum Gasteiger partial charge on any atom is 0.230 e. The number of halogens is 1. The second-order valence-electron chi connectivity index (χ2n) is 6.16. The fourth-order valence-electron chi connectivity index (χ4n) is 3.17. The number of nitrogens with one attached hydrogen (secondary N) is 2. The highest BCUT2D eigenvalue weighted by molar-refractivity contribution is 6.30. The molecule has 1 aliphatic heterocycles. The first-order valence-electron chi connectivity index (χ1n) is 7.42. The van der Waals surface area contributed by atoms with E-state index in [0.717, 1.165) is 24.1 Å². The average molecular weight is 296 g/mol. The minimum atomic E-state index is 0.0886. The number of carbonyl (C=O) groups is 1. The molecule has 1 aromatic carbocycles. The molecule has 2 rings (SSSR count). The number of anilines is 1. The van der Waals surface area contributed by atoms with Gasteiger partial charge >= 0.3 is 0 Å². The van der Waals surface area contributed by atoms with E-state index in [9.17, 15) is 4.79 Å². The highest BCUT2D eigenvalue weighted by Crippen LogP contribution is 2.14. The molecule has 1 aliphatic rings. The molecular formula is C16H24ClN2O+. The molecule has 0 spiro atoms. The molecular weight excluding hydrogens is 272 g/mol. The third-order valence-electron chi connectivity index (χ3n) is 3.91. The topological polar surface area (TPSA) is 33.5 Å². The molecule has 20 heavy (non-hydrogen) atoms. The van der Waals surface area contributed by atoms with Crippen molar-refractivity contribution in [3.63, 3.8) is 0 Å². The summed E-state index contributed by atoms with van der Waals surface area (Å²) in [4.78, 5) is 13.5. The van der Waals surface area contributed by atoms with Crippen molar-refractivity contribution in [2.24, 2.45) is 11.8 Å². The molecule has 3 atom stereocenters. The highest BCUT2D eigenvalue weighted by atomic mass is 35.5. The molecule has 0 aliphatic carbocycles. The number of benzene rings is 1. The molecule has 0 aromatic heterocycles. The number of amides is 1. The lowest BCUT2D eigenvalue weighted by atomic mass is 9.92. The first kappa shape index (κ1) is 15.3. The Morgan fingerprint density at radius 1 is 1.25 bits per heavy atom. The number of quaternary nitrogens is 1. The van der Waals surface area contributed by atoms with E-state index in [1.54, 1.807) is 17.0 Å². The van der Waals surface area contributed by atoms with Crippen LogP contribution in [0.25, 0.3) is 0 Å². The smallest absolute Gasteiger partial charge is 0.230 e. The number of hydrogen-bond acceptors (Lipinski definition) is 1. The average Bonchev–Trinajstić information content (AvgIpc) is 2.38. The molecule has 0 saturated carbocycles. The maximum atomic E-state index is 11.9. The van der Waals surface area contributed by atoms with Gasteiger partial charge < -0.3 is 10.2 Å². The van der Waals surface area contributed by atoms with E-state index in [4.69, 9.17) is 11.6 Å². The Morgan fingerprint density at radius 2 is 1.85 bits per heavy atom. The number of carbonyl (C=O) groups excluding carboxylic acids is 1.